The molecule has 3 rings (SSSR count). The van der Waals surface area contributed by atoms with Crippen molar-refractivity contribution in [1.29, 1.82) is 0 Å². The molecule has 0 fully saturated rings. The number of hydrogen-bond acceptors (Lipinski definition) is 10. The van der Waals surface area contributed by atoms with E-state index < -0.39 is 24.3 Å². The Bertz CT molecular complexity index is 1370. The molecule has 41 heavy (non-hydrogen) atoms. The minimum atomic E-state index is -1.16. The van der Waals surface area contributed by atoms with Crippen LogP contribution in [0.2, 0.25) is 0 Å². The maximum absolute atomic E-state index is 12.4. The van der Waals surface area contributed by atoms with Gasteiger partial charge in [0.2, 0.25) is 0 Å². The fourth-order valence-electron chi connectivity index (χ4n) is 3.89. The Kier molecular flexibility index (Phi) is 11.3. The lowest BCUT2D eigenvalue weighted by atomic mass is 9.95. The van der Waals surface area contributed by atoms with Crippen molar-refractivity contribution in [1.82, 2.24) is 16.1 Å². The number of carbonyl (C=O) groups is 2. The zero-order chi connectivity index (χ0) is 29.9. The Morgan fingerprint density at radius 3 is 2.68 bits per heavy atom. The fraction of sp³-hybridized carbons (Fsp3) is 0.321. The number of amides is 2. The Morgan fingerprint density at radius 2 is 2.00 bits per heavy atom. The van der Waals surface area contributed by atoms with E-state index in [1.807, 2.05) is 0 Å². The number of aliphatic hydroxyl groups is 1. The minimum Gasteiger partial charge on any atom is -0.493 e. The van der Waals surface area contributed by atoms with E-state index in [0.717, 1.165) is 0 Å². The number of benzene rings is 2. The molecule has 0 aliphatic carbocycles. The molecule has 0 aromatic heterocycles. The van der Waals surface area contributed by atoms with Crippen molar-refractivity contribution in [3.8, 4) is 35.3 Å². The first-order chi connectivity index (χ1) is 19.7. The summed E-state index contributed by atoms with van der Waals surface area (Å²) in [6, 6.07) is 7.21. The standard InChI is InChI=1S/C28H31BrN4O8/c1-6-10-40-26-19(29)11-17(12-22(26)37-4)14-30-33-23(34)15-41-20-9-8-18(13-21(20)39-7-2)25-24(27(35)38-5)16(3)31-28(36)32-25/h1,8-9,11-14,23,25,33-34H,7,10,15H2,2-5H3,(H2,31,32,36)/b30-14-/t23-,25+/m0/s1. The molecule has 0 saturated carbocycles. The van der Waals surface area contributed by atoms with E-state index in [2.05, 4.69) is 43.0 Å². The summed E-state index contributed by atoms with van der Waals surface area (Å²) >= 11 is 3.42. The van der Waals surface area contributed by atoms with Gasteiger partial charge in [0.1, 0.15) is 13.2 Å². The van der Waals surface area contributed by atoms with Gasteiger partial charge in [-0.05, 0) is 65.2 Å². The molecule has 218 valence electrons. The summed E-state index contributed by atoms with van der Waals surface area (Å²) in [4.78, 5) is 24.5. The van der Waals surface area contributed by atoms with Crippen molar-refractivity contribution >= 4 is 34.1 Å². The third-order valence-corrected chi connectivity index (χ3v) is 6.25. The summed E-state index contributed by atoms with van der Waals surface area (Å²) in [6.07, 6.45) is 5.59. The molecule has 2 aromatic carbocycles. The Hall–Kier alpha value is -4.41. The number of carbonyl (C=O) groups excluding carboxylic acids is 2. The largest absolute Gasteiger partial charge is 0.493 e. The van der Waals surface area contributed by atoms with Crippen molar-refractivity contribution in [2.24, 2.45) is 5.10 Å². The lowest BCUT2D eigenvalue weighted by molar-refractivity contribution is -0.136. The molecular weight excluding hydrogens is 600 g/mol. The Morgan fingerprint density at radius 1 is 1.22 bits per heavy atom. The molecule has 2 atom stereocenters. The van der Waals surface area contributed by atoms with Crippen LogP contribution in [-0.2, 0) is 9.53 Å². The second kappa shape index (κ2) is 14.8. The van der Waals surface area contributed by atoms with Crippen molar-refractivity contribution in [2.75, 3.05) is 34.0 Å². The molecule has 2 amide bonds. The molecule has 0 unspecified atom stereocenters. The number of ether oxygens (including phenoxy) is 5. The van der Waals surface area contributed by atoms with Crippen LogP contribution in [0, 0.1) is 12.3 Å². The van der Waals surface area contributed by atoms with E-state index in [1.165, 1.54) is 20.4 Å². The first-order valence-electron chi connectivity index (χ1n) is 12.4. The molecule has 0 spiro atoms. The monoisotopic (exact) mass is 630 g/mol. The lowest BCUT2D eigenvalue weighted by Crippen LogP contribution is -2.45. The van der Waals surface area contributed by atoms with Gasteiger partial charge in [0, 0.05) is 5.70 Å². The maximum Gasteiger partial charge on any atom is 0.337 e. The normalized spacial score (nSPS) is 15.3. The number of rotatable bonds is 13. The average Bonchev–Trinajstić information content (AvgIpc) is 2.95. The highest BCUT2D eigenvalue weighted by atomic mass is 79.9. The third kappa shape index (κ3) is 8.06. The molecule has 2 aromatic rings. The topological polar surface area (TPSA) is 149 Å². The fourth-order valence-corrected chi connectivity index (χ4v) is 4.46. The van der Waals surface area contributed by atoms with Gasteiger partial charge in [0.25, 0.3) is 0 Å². The summed E-state index contributed by atoms with van der Waals surface area (Å²) in [6.45, 7) is 3.67. The number of methoxy groups -OCH3 is 2. The highest BCUT2D eigenvalue weighted by molar-refractivity contribution is 9.10. The minimum absolute atomic E-state index is 0.0871. The van der Waals surface area contributed by atoms with E-state index in [9.17, 15) is 14.7 Å². The molecule has 0 bridgehead atoms. The number of halogens is 1. The molecule has 0 saturated heterocycles. The summed E-state index contributed by atoms with van der Waals surface area (Å²) in [7, 11) is 2.77. The van der Waals surface area contributed by atoms with E-state index in [4.69, 9.17) is 30.1 Å². The van der Waals surface area contributed by atoms with Crippen LogP contribution in [0.5, 0.6) is 23.0 Å². The predicted octanol–water partition coefficient (Wildman–Crippen LogP) is 2.99. The zero-order valence-corrected chi connectivity index (χ0v) is 24.5. The molecule has 1 aliphatic heterocycles. The van der Waals surface area contributed by atoms with Crippen LogP contribution >= 0.6 is 15.9 Å². The molecule has 0 radical (unpaired) electrons. The number of nitrogens with zero attached hydrogens (tertiary/aromatic N) is 1. The first-order valence-corrected chi connectivity index (χ1v) is 13.2. The van der Waals surface area contributed by atoms with Crippen LogP contribution in [0.4, 0.5) is 4.79 Å². The maximum atomic E-state index is 12.4. The SMILES string of the molecule is C#CCOc1c(Br)cc(/C=N\N[C@@H](O)COc2ccc([C@H]3NC(=O)NC(C)=C3C(=O)OC)cc2OCC)cc1OC. The van der Waals surface area contributed by atoms with Gasteiger partial charge < -0.3 is 39.4 Å². The number of hydrazone groups is 1. The Labute approximate surface area is 246 Å². The summed E-state index contributed by atoms with van der Waals surface area (Å²) in [5.74, 6) is 3.46. The number of allylic oxidation sites excluding steroid dienone is 1. The van der Waals surface area contributed by atoms with E-state index in [-0.39, 0.29) is 18.8 Å². The van der Waals surface area contributed by atoms with Crippen LogP contribution in [0.1, 0.15) is 31.0 Å². The first kappa shape index (κ1) is 31.1. The molecular formula is C28H31BrN4O8. The van der Waals surface area contributed by atoms with Crippen molar-refractivity contribution in [2.45, 2.75) is 26.1 Å². The van der Waals surface area contributed by atoms with Crippen molar-refractivity contribution in [3.63, 3.8) is 0 Å². The second-order valence-electron chi connectivity index (χ2n) is 8.44. The van der Waals surface area contributed by atoms with Crippen LogP contribution in [0.15, 0.2) is 51.2 Å². The van der Waals surface area contributed by atoms with Gasteiger partial charge in [-0.25, -0.2) is 9.59 Å². The number of terminal acetylenes is 1. The van der Waals surface area contributed by atoms with E-state index >= 15 is 0 Å². The highest BCUT2D eigenvalue weighted by Gasteiger charge is 2.32. The summed E-state index contributed by atoms with van der Waals surface area (Å²) in [5, 5.41) is 19.7. The van der Waals surface area contributed by atoms with Gasteiger partial charge >= 0.3 is 12.0 Å². The summed E-state index contributed by atoms with van der Waals surface area (Å²) < 4.78 is 27.9. The quantitative estimate of drug-likeness (QED) is 0.0861. The summed E-state index contributed by atoms with van der Waals surface area (Å²) in [5.41, 5.74) is 4.48. The molecule has 4 N–H and O–H groups in total. The van der Waals surface area contributed by atoms with Crippen LogP contribution in [0.25, 0.3) is 0 Å². The smallest absolute Gasteiger partial charge is 0.337 e. The number of aliphatic hydroxyl groups excluding tert-OH is 1. The van der Waals surface area contributed by atoms with Gasteiger partial charge in [0.15, 0.2) is 29.2 Å². The van der Waals surface area contributed by atoms with Gasteiger partial charge in [-0.2, -0.15) is 5.10 Å². The number of esters is 1. The molecule has 1 aliphatic rings. The zero-order valence-electron chi connectivity index (χ0n) is 22.9. The highest BCUT2D eigenvalue weighted by Crippen LogP contribution is 2.37. The second-order valence-corrected chi connectivity index (χ2v) is 9.30. The van der Waals surface area contributed by atoms with Crippen LogP contribution in [0.3, 0.4) is 0 Å². The number of hydrogen-bond donors (Lipinski definition) is 4. The number of nitrogens with one attached hydrogen (secondary N) is 3. The van der Waals surface area contributed by atoms with E-state index in [0.29, 0.717) is 50.9 Å². The van der Waals surface area contributed by atoms with Crippen LogP contribution < -0.4 is 35.0 Å². The van der Waals surface area contributed by atoms with Gasteiger partial charge in [-0.1, -0.05) is 12.0 Å². The van der Waals surface area contributed by atoms with E-state index in [1.54, 1.807) is 44.2 Å². The molecule has 1 heterocycles. The predicted molar refractivity (Wildman–Crippen MR) is 154 cm³/mol. The average molecular weight is 631 g/mol. The Balaban J connectivity index is 1.69. The van der Waals surface area contributed by atoms with Crippen molar-refractivity contribution in [3.05, 3.63) is 57.2 Å². The lowest BCUT2D eigenvalue weighted by Gasteiger charge is -2.28. The van der Waals surface area contributed by atoms with Gasteiger partial charge in [0.05, 0.1) is 43.1 Å². The van der Waals surface area contributed by atoms with Gasteiger partial charge in [-0.15, -0.1) is 6.42 Å². The molecule has 13 heteroatoms. The third-order valence-electron chi connectivity index (χ3n) is 5.66. The van der Waals surface area contributed by atoms with Gasteiger partial charge in [-0.3, -0.25) is 5.43 Å². The molecule has 12 nitrogen and oxygen atoms in total. The number of urea groups is 1. The van der Waals surface area contributed by atoms with Crippen molar-refractivity contribution < 1.29 is 38.4 Å². The van der Waals surface area contributed by atoms with Crippen LogP contribution in [-0.4, -0.2) is 63.6 Å².